The van der Waals surface area contributed by atoms with E-state index in [9.17, 15) is 19.2 Å². The van der Waals surface area contributed by atoms with Crippen LogP contribution in [0.4, 0.5) is 10.6 Å². The molecule has 2 aliphatic rings. The topological polar surface area (TPSA) is 159 Å². The SMILES string of the molecule is CCC1CCC2(CC1)NC(=O)N(CC(=O)OC(C)C(=O)Nc1ncnc3nc[nH]c13)C2=O. The first kappa shape index (κ1) is 21.7. The van der Waals surface area contributed by atoms with E-state index in [1.165, 1.54) is 19.6 Å². The Morgan fingerprint density at radius 3 is 2.75 bits per heavy atom. The standard InChI is InChI=1S/C20H25N7O5/c1-3-12-4-6-20(7-5-12)18(30)27(19(31)26-20)8-13(28)32-11(2)17(29)25-16-14-15(22-9-21-14)23-10-24-16/h9-12H,3-8H2,1-2H3,(H,26,31)(H2,21,22,23,24,25,29). The molecule has 0 bridgehead atoms. The van der Waals surface area contributed by atoms with Crippen molar-refractivity contribution in [2.45, 2.75) is 57.6 Å². The molecule has 1 saturated heterocycles. The lowest BCUT2D eigenvalue weighted by atomic mass is 9.75. The number of rotatable bonds is 6. The van der Waals surface area contributed by atoms with E-state index >= 15 is 0 Å². The van der Waals surface area contributed by atoms with E-state index in [0.29, 0.717) is 29.9 Å². The number of fused-ring (bicyclic) bond motifs is 1. The van der Waals surface area contributed by atoms with E-state index in [1.807, 2.05) is 0 Å². The number of ether oxygens (including phenoxy) is 1. The minimum atomic E-state index is -1.18. The van der Waals surface area contributed by atoms with Gasteiger partial charge in [-0.25, -0.2) is 19.7 Å². The third-order valence-corrected chi connectivity index (χ3v) is 6.21. The highest BCUT2D eigenvalue weighted by atomic mass is 16.5. The highest BCUT2D eigenvalue weighted by Gasteiger charge is 2.52. The van der Waals surface area contributed by atoms with Gasteiger partial charge in [-0.2, -0.15) is 0 Å². The number of urea groups is 1. The monoisotopic (exact) mass is 443 g/mol. The predicted octanol–water partition coefficient (Wildman–Crippen LogP) is 1.11. The molecule has 1 aliphatic carbocycles. The summed E-state index contributed by atoms with van der Waals surface area (Å²) in [7, 11) is 0. The molecule has 4 amide bonds. The number of anilines is 1. The summed E-state index contributed by atoms with van der Waals surface area (Å²) in [5.41, 5.74) is -0.128. The molecule has 1 unspecified atom stereocenters. The number of imide groups is 1. The Bertz CT molecular complexity index is 1060. The number of hydrogen-bond acceptors (Lipinski definition) is 8. The largest absolute Gasteiger partial charge is 0.451 e. The number of carbonyl (C=O) groups is 4. The fourth-order valence-electron chi connectivity index (χ4n) is 4.23. The third kappa shape index (κ3) is 3.99. The van der Waals surface area contributed by atoms with Crippen LogP contribution in [0.25, 0.3) is 11.2 Å². The van der Waals surface area contributed by atoms with Crippen LogP contribution >= 0.6 is 0 Å². The Morgan fingerprint density at radius 1 is 1.28 bits per heavy atom. The van der Waals surface area contributed by atoms with Gasteiger partial charge in [-0.05, 0) is 38.5 Å². The molecule has 2 aromatic rings. The summed E-state index contributed by atoms with van der Waals surface area (Å²) in [4.78, 5) is 65.7. The Labute approximate surface area is 183 Å². The molecule has 1 aliphatic heterocycles. The summed E-state index contributed by atoms with van der Waals surface area (Å²) in [6, 6.07) is -0.610. The molecule has 4 rings (SSSR count). The lowest BCUT2D eigenvalue weighted by molar-refractivity contribution is -0.155. The number of imidazole rings is 1. The molecule has 0 aromatic carbocycles. The molecule has 32 heavy (non-hydrogen) atoms. The lowest BCUT2D eigenvalue weighted by Crippen LogP contribution is -2.49. The molecule has 2 aromatic heterocycles. The average Bonchev–Trinajstić information content (AvgIpc) is 3.34. The maximum absolute atomic E-state index is 12.9. The fourth-order valence-corrected chi connectivity index (χ4v) is 4.23. The second-order valence-electron chi connectivity index (χ2n) is 8.20. The van der Waals surface area contributed by atoms with Crippen molar-refractivity contribution in [1.29, 1.82) is 0 Å². The summed E-state index contributed by atoms with van der Waals surface area (Å²) in [5.74, 6) is -1.15. The van der Waals surface area contributed by atoms with Crippen molar-refractivity contribution in [1.82, 2.24) is 30.2 Å². The molecule has 3 N–H and O–H groups in total. The van der Waals surface area contributed by atoms with Crippen LogP contribution < -0.4 is 10.6 Å². The van der Waals surface area contributed by atoms with Gasteiger partial charge in [0.05, 0.1) is 6.33 Å². The molecular formula is C20H25N7O5. The number of nitrogens with one attached hydrogen (secondary N) is 3. The van der Waals surface area contributed by atoms with Gasteiger partial charge in [0.1, 0.15) is 23.9 Å². The van der Waals surface area contributed by atoms with Crippen LogP contribution in [-0.2, 0) is 19.1 Å². The van der Waals surface area contributed by atoms with Crippen LogP contribution in [0.15, 0.2) is 12.7 Å². The molecule has 1 atom stereocenters. The van der Waals surface area contributed by atoms with Crippen molar-refractivity contribution in [2.24, 2.45) is 5.92 Å². The summed E-state index contributed by atoms with van der Waals surface area (Å²) in [6.45, 7) is 2.94. The van der Waals surface area contributed by atoms with Gasteiger partial charge in [0, 0.05) is 0 Å². The van der Waals surface area contributed by atoms with Gasteiger partial charge in [-0.15, -0.1) is 0 Å². The van der Waals surface area contributed by atoms with Gasteiger partial charge in [0.25, 0.3) is 11.8 Å². The zero-order chi connectivity index (χ0) is 22.9. The minimum Gasteiger partial charge on any atom is -0.451 e. The normalized spacial score (nSPS) is 23.9. The smallest absolute Gasteiger partial charge is 0.327 e. The number of amides is 4. The van der Waals surface area contributed by atoms with Gasteiger partial charge in [-0.1, -0.05) is 13.3 Å². The number of nitrogens with zero attached hydrogens (tertiary/aromatic N) is 4. The fraction of sp³-hybridized carbons (Fsp3) is 0.550. The van der Waals surface area contributed by atoms with E-state index in [2.05, 4.69) is 37.5 Å². The summed E-state index contributed by atoms with van der Waals surface area (Å²) in [6.07, 6.45) is 5.34. The zero-order valence-electron chi connectivity index (χ0n) is 17.9. The van der Waals surface area contributed by atoms with E-state index in [0.717, 1.165) is 24.2 Å². The first-order valence-electron chi connectivity index (χ1n) is 10.6. The van der Waals surface area contributed by atoms with Crippen molar-refractivity contribution in [3.05, 3.63) is 12.7 Å². The number of esters is 1. The van der Waals surface area contributed by atoms with Crippen LogP contribution in [0, 0.1) is 5.92 Å². The van der Waals surface area contributed by atoms with Crippen molar-refractivity contribution in [3.63, 3.8) is 0 Å². The molecule has 0 radical (unpaired) electrons. The van der Waals surface area contributed by atoms with Gasteiger partial charge in [-0.3, -0.25) is 19.3 Å². The van der Waals surface area contributed by atoms with Gasteiger partial charge in [0.2, 0.25) is 0 Å². The number of hydrogen-bond donors (Lipinski definition) is 3. The Balaban J connectivity index is 1.34. The Morgan fingerprint density at radius 2 is 2.03 bits per heavy atom. The quantitative estimate of drug-likeness (QED) is 0.442. The van der Waals surface area contributed by atoms with Crippen molar-refractivity contribution < 1.29 is 23.9 Å². The maximum atomic E-state index is 12.9. The van der Waals surface area contributed by atoms with E-state index in [4.69, 9.17) is 4.74 Å². The number of aromatic amines is 1. The van der Waals surface area contributed by atoms with Crippen LogP contribution in [0.1, 0.15) is 46.0 Å². The molecule has 1 spiro atoms. The van der Waals surface area contributed by atoms with Crippen LogP contribution in [0.5, 0.6) is 0 Å². The maximum Gasteiger partial charge on any atom is 0.327 e. The number of H-pyrrole nitrogens is 1. The van der Waals surface area contributed by atoms with Crippen molar-refractivity contribution in [3.8, 4) is 0 Å². The van der Waals surface area contributed by atoms with E-state index in [1.54, 1.807) is 0 Å². The number of aromatic nitrogens is 4. The molecule has 170 valence electrons. The highest BCUT2D eigenvalue weighted by molar-refractivity contribution is 6.09. The van der Waals surface area contributed by atoms with Crippen molar-refractivity contribution in [2.75, 3.05) is 11.9 Å². The van der Waals surface area contributed by atoms with Crippen LogP contribution in [-0.4, -0.2) is 66.8 Å². The molecule has 3 heterocycles. The van der Waals surface area contributed by atoms with Gasteiger partial charge in [0.15, 0.2) is 17.6 Å². The summed E-state index contributed by atoms with van der Waals surface area (Å²) in [5, 5.41) is 5.31. The molecule has 12 nitrogen and oxygen atoms in total. The minimum absolute atomic E-state index is 0.194. The van der Waals surface area contributed by atoms with E-state index in [-0.39, 0.29) is 5.82 Å². The highest BCUT2D eigenvalue weighted by Crippen LogP contribution is 2.37. The van der Waals surface area contributed by atoms with Gasteiger partial charge >= 0.3 is 12.0 Å². The lowest BCUT2D eigenvalue weighted by Gasteiger charge is -2.34. The first-order valence-corrected chi connectivity index (χ1v) is 10.6. The van der Waals surface area contributed by atoms with Crippen LogP contribution in [0.3, 0.4) is 0 Å². The summed E-state index contributed by atoms with van der Waals surface area (Å²) >= 11 is 0. The zero-order valence-corrected chi connectivity index (χ0v) is 17.9. The third-order valence-electron chi connectivity index (χ3n) is 6.21. The molecular weight excluding hydrogens is 418 g/mol. The second-order valence-corrected chi connectivity index (χ2v) is 8.20. The Hall–Kier alpha value is -3.57. The molecule has 2 fully saturated rings. The predicted molar refractivity (Wildman–Crippen MR) is 111 cm³/mol. The van der Waals surface area contributed by atoms with Crippen molar-refractivity contribution >= 4 is 40.8 Å². The molecule has 12 heteroatoms. The first-order chi connectivity index (χ1) is 15.3. The van der Waals surface area contributed by atoms with Crippen LogP contribution in [0.2, 0.25) is 0 Å². The average molecular weight is 443 g/mol. The Kier molecular flexibility index (Phi) is 5.76. The van der Waals surface area contributed by atoms with E-state index < -0.39 is 42.0 Å². The summed E-state index contributed by atoms with van der Waals surface area (Å²) < 4.78 is 5.15. The molecule has 1 saturated carbocycles. The second kappa shape index (κ2) is 8.52. The van der Waals surface area contributed by atoms with Gasteiger partial charge < -0.3 is 20.4 Å². The number of carbonyl (C=O) groups excluding carboxylic acids is 4.